The van der Waals surface area contributed by atoms with Gasteiger partial charge in [0, 0.05) is 38.6 Å². The summed E-state index contributed by atoms with van der Waals surface area (Å²) in [6.45, 7) is 8.32. The highest BCUT2D eigenvalue weighted by Crippen LogP contribution is 2.24. The van der Waals surface area contributed by atoms with E-state index in [-0.39, 0.29) is 29.6 Å². The van der Waals surface area contributed by atoms with Gasteiger partial charge in [-0.2, -0.15) is 0 Å². The van der Waals surface area contributed by atoms with Crippen molar-refractivity contribution in [2.24, 2.45) is 4.99 Å². The molecule has 6 nitrogen and oxygen atoms in total. The van der Waals surface area contributed by atoms with Crippen molar-refractivity contribution in [1.29, 1.82) is 0 Å². The van der Waals surface area contributed by atoms with Crippen LogP contribution in [0.2, 0.25) is 0 Å². The Kier molecular flexibility index (Phi) is 8.02. The summed E-state index contributed by atoms with van der Waals surface area (Å²) in [4.78, 5) is 8.66. The summed E-state index contributed by atoms with van der Waals surface area (Å²) in [6, 6.07) is 0. The molecule has 0 saturated carbocycles. The fourth-order valence-electron chi connectivity index (χ4n) is 2.27. The molecule has 0 spiro atoms. The van der Waals surface area contributed by atoms with E-state index in [1.54, 1.807) is 6.20 Å². The number of halogens is 1. The molecule has 1 unspecified atom stereocenters. The van der Waals surface area contributed by atoms with E-state index in [4.69, 9.17) is 4.74 Å². The van der Waals surface area contributed by atoms with E-state index in [1.807, 2.05) is 17.1 Å². The Morgan fingerprint density at radius 2 is 2.33 bits per heavy atom. The van der Waals surface area contributed by atoms with Crippen LogP contribution in [0.3, 0.4) is 0 Å². The molecule has 120 valence electrons. The number of guanidine groups is 1. The standard InChI is InChI=1S/C14H25N5O.HI/c1-3-16-13(17-7-9-19-8-6-15-12-19)18-11-14(2)5-4-10-20-14;/h6,8,12H,3-5,7,9-11H2,1-2H3,(H2,16,17,18);1H. The molecule has 0 bridgehead atoms. The lowest BCUT2D eigenvalue weighted by Gasteiger charge is -2.21. The van der Waals surface area contributed by atoms with E-state index in [9.17, 15) is 0 Å². The number of aliphatic imine (C=N–C) groups is 1. The molecule has 7 heteroatoms. The van der Waals surface area contributed by atoms with E-state index in [0.29, 0.717) is 6.54 Å². The van der Waals surface area contributed by atoms with E-state index in [0.717, 1.165) is 45.0 Å². The van der Waals surface area contributed by atoms with Gasteiger partial charge in [-0.25, -0.2) is 4.98 Å². The quantitative estimate of drug-likeness (QED) is 0.428. The number of nitrogens with zero attached hydrogens (tertiary/aromatic N) is 3. The molecular formula is C14H26IN5O. The zero-order chi connectivity index (χ0) is 14.3. The van der Waals surface area contributed by atoms with Crippen molar-refractivity contribution in [3.05, 3.63) is 18.7 Å². The summed E-state index contributed by atoms with van der Waals surface area (Å²) in [5.74, 6) is 0.851. The van der Waals surface area contributed by atoms with Crippen molar-refractivity contribution in [2.75, 3.05) is 26.2 Å². The number of hydrogen-bond acceptors (Lipinski definition) is 3. The van der Waals surface area contributed by atoms with Crippen LogP contribution in [0.5, 0.6) is 0 Å². The third kappa shape index (κ3) is 6.21. The van der Waals surface area contributed by atoms with Gasteiger partial charge in [0.1, 0.15) is 0 Å². The zero-order valence-corrected chi connectivity index (χ0v) is 15.2. The molecule has 1 aromatic heterocycles. The Balaban J connectivity index is 0.00000220. The van der Waals surface area contributed by atoms with Crippen LogP contribution in [-0.4, -0.2) is 47.4 Å². The van der Waals surface area contributed by atoms with Gasteiger partial charge in [0.15, 0.2) is 5.96 Å². The molecule has 1 atom stereocenters. The molecule has 21 heavy (non-hydrogen) atoms. The maximum absolute atomic E-state index is 5.76. The zero-order valence-electron chi connectivity index (χ0n) is 12.8. The molecule has 1 saturated heterocycles. The second-order valence-corrected chi connectivity index (χ2v) is 5.32. The van der Waals surface area contributed by atoms with Crippen molar-refractivity contribution in [3.8, 4) is 0 Å². The second kappa shape index (κ2) is 9.24. The second-order valence-electron chi connectivity index (χ2n) is 5.32. The highest BCUT2D eigenvalue weighted by Gasteiger charge is 2.29. The van der Waals surface area contributed by atoms with Crippen molar-refractivity contribution in [3.63, 3.8) is 0 Å². The van der Waals surface area contributed by atoms with Crippen LogP contribution < -0.4 is 10.6 Å². The van der Waals surface area contributed by atoms with Gasteiger partial charge in [0.25, 0.3) is 0 Å². The number of rotatable bonds is 6. The molecule has 1 aromatic rings. The Bertz CT molecular complexity index is 415. The summed E-state index contributed by atoms with van der Waals surface area (Å²) >= 11 is 0. The van der Waals surface area contributed by atoms with Crippen molar-refractivity contribution < 1.29 is 4.74 Å². The Morgan fingerprint density at radius 1 is 1.48 bits per heavy atom. The van der Waals surface area contributed by atoms with Crippen molar-refractivity contribution in [1.82, 2.24) is 20.2 Å². The average molecular weight is 407 g/mol. The molecule has 1 aliphatic heterocycles. The van der Waals surface area contributed by atoms with Crippen LogP contribution >= 0.6 is 24.0 Å². The van der Waals surface area contributed by atoms with Gasteiger partial charge < -0.3 is 19.9 Å². The van der Waals surface area contributed by atoms with Gasteiger partial charge in [-0.05, 0) is 26.7 Å². The molecule has 2 heterocycles. The van der Waals surface area contributed by atoms with E-state index < -0.39 is 0 Å². The highest BCUT2D eigenvalue weighted by atomic mass is 127. The average Bonchev–Trinajstić information content (AvgIpc) is 3.08. The fraction of sp³-hybridized carbons (Fsp3) is 0.714. The fourth-order valence-corrected chi connectivity index (χ4v) is 2.27. The van der Waals surface area contributed by atoms with Crippen LogP contribution in [-0.2, 0) is 11.3 Å². The topological polar surface area (TPSA) is 63.5 Å². The van der Waals surface area contributed by atoms with Gasteiger partial charge in [-0.3, -0.25) is 4.99 Å². The van der Waals surface area contributed by atoms with Gasteiger partial charge in [-0.15, -0.1) is 24.0 Å². The smallest absolute Gasteiger partial charge is 0.191 e. The Labute approximate surface area is 143 Å². The molecule has 0 radical (unpaired) electrons. The minimum absolute atomic E-state index is 0. The lowest BCUT2D eigenvalue weighted by molar-refractivity contribution is 0.0283. The number of ether oxygens (including phenoxy) is 1. The molecule has 0 aromatic carbocycles. The van der Waals surface area contributed by atoms with E-state index in [1.165, 1.54) is 0 Å². The lowest BCUT2D eigenvalue weighted by Crippen LogP contribution is -2.40. The van der Waals surface area contributed by atoms with Crippen LogP contribution in [0.4, 0.5) is 0 Å². The molecule has 2 rings (SSSR count). The number of nitrogens with one attached hydrogen (secondary N) is 2. The lowest BCUT2D eigenvalue weighted by atomic mass is 10.0. The molecule has 2 N–H and O–H groups in total. The maximum Gasteiger partial charge on any atom is 0.191 e. The summed E-state index contributed by atoms with van der Waals surface area (Å²) in [7, 11) is 0. The predicted molar refractivity (Wildman–Crippen MR) is 95.2 cm³/mol. The first-order valence-corrected chi connectivity index (χ1v) is 7.34. The first-order valence-electron chi connectivity index (χ1n) is 7.34. The monoisotopic (exact) mass is 407 g/mol. The summed E-state index contributed by atoms with van der Waals surface area (Å²) in [5.41, 5.74) is -0.0906. The van der Waals surface area contributed by atoms with Gasteiger partial charge >= 0.3 is 0 Å². The summed E-state index contributed by atoms with van der Waals surface area (Å²) in [6.07, 6.45) is 7.79. The molecule has 0 amide bonds. The number of aromatic nitrogens is 2. The largest absolute Gasteiger partial charge is 0.373 e. The van der Waals surface area contributed by atoms with Gasteiger partial charge in [0.05, 0.1) is 18.5 Å². The van der Waals surface area contributed by atoms with Crippen LogP contribution in [0, 0.1) is 0 Å². The van der Waals surface area contributed by atoms with Crippen LogP contribution in [0.25, 0.3) is 0 Å². The summed E-state index contributed by atoms with van der Waals surface area (Å²) < 4.78 is 7.80. The predicted octanol–water partition coefficient (Wildman–Crippen LogP) is 1.63. The van der Waals surface area contributed by atoms with Gasteiger partial charge in [0.2, 0.25) is 0 Å². The third-order valence-electron chi connectivity index (χ3n) is 3.44. The highest BCUT2D eigenvalue weighted by molar-refractivity contribution is 14.0. The molecule has 0 aliphatic carbocycles. The minimum atomic E-state index is -0.0906. The van der Waals surface area contributed by atoms with Gasteiger partial charge in [-0.1, -0.05) is 0 Å². The molecule has 1 fully saturated rings. The molecule has 1 aliphatic rings. The normalized spacial score (nSPS) is 21.9. The minimum Gasteiger partial charge on any atom is -0.373 e. The van der Waals surface area contributed by atoms with E-state index in [2.05, 4.69) is 34.5 Å². The maximum atomic E-state index is 5.76. The Morgan fingerprint density at radius 3 is 2.95 bits per heavy atom. The van der Waals surface area contributed by atoms with Crippen molar-refractivity contribution in [2.45, 2.75) is 38.8 Å². The number of imidazole rings is 1. The first kappa shape index (κ1) is 18.2. The Hall–Kier alpha value is -0.830. The SMILES string of the molecule is CCNC(=NCC1(C)CCCO1)NCCn1ccnc1.I. The summed E-state index contributed by atoms with van der Waals surface area (Å²) in [5, 5.41) is 6.60. The number of hydrogen-bond donors (Lipinski definition) is 2. The first-order chi connectivity index (χ1) is 9.72. The van der Waals surface area contributed by atoms with Crippen molar-refractivity contribution >= 4 is 29.9 Å². The van der Waals surface area contributed by atoms with Crippen LogP contribution in [0.15, 0.2) is 23.7 Å². The van der Waals surface area contributed by atoms with Crippen LogP contribution in [0.1, 0.15) is 26.7 Å². The molecular weight excluding hydrogens is 381 g/mol. The third-order valence-corrected chi connectivity index (χ3v) is 3.44. The van der Waals surface area contributed by atoms with E-state index >= 15 is 0 Å².